The molecule has 0 aromatic rings. The number of allylic oxidation sites excluding steroid dienone is 1. The van der Waals surface area contributed by atoms with E-state index in [4.69, 9.17) is 12.8 Å². The molecule has 0 aliphatic heterocycles. The summed E-state index contributed by atoms with van der Waals surface area (Å²) >= 11 is 0. The third kappa shape index (κ3) is 8.33. The highest BCUT2D eigenvalue weighted by molar-refractivity contribution is 5.71. The number of nitrogens with zero attached hydrogens (tertiary/aromatic N) is 2. The lowest BCUT2D eigenvalue weighted by Crippen LogP contribution is -1.73. The van der Waals surface area contributed by atoms with Crippen LogP contribution in [0.1, 0.15) is 0 Å². The molecule has 0 unspecified atom stereocenters. The molecule has 0 bridgehead atoms. The number of aliphatic imine (C=N–C) groups is 1. The largest absolute Gasteiger partial charge is 0.681 e. The lowest BCUT2D eigenvalue weighted by Gasteiger charge is -2.05. The van der Waals surface area contributed by atoms with E-state index in [1.54, 1.807) is 18.5 Å². The third-order valence-electron chi connectivity index (χ3n) is 0.748. The normalized spacial score (nSPS) is 9.64. The highest BCUT2D eigenvalue weighted by atomic mass is 14.8. The summed E-state index contributed by atoms with van der Waals surface area (Å²) in [7, 11) is 0. The lowest BCUT2D eigenvalue weighted by atomic mass is 10.6. The molecule has 0 saturated heterocycles. The van der Waals surface area contributed by atoms with E-state index >= 15 is 0 Å². The van der Waals surface area contributed by atoms with Gasteiger partial charge < -0.3 is 5.32 Å². The van der Waals surface area contributed by atoms with Gasteiger partial charge in [0.2, 0.25) is 0 Å². The van der Waals surface area contributed by atoms with Gasteiger partial charge in [0.05, 0.1) is 6.54 Å². The second kappa shape index (κ2) is 8.33. The molecule has 0 amide bonds. The van der Waals surface area contributed by atoms with Crippen LogP contribution in [0.4, 0.5) is 0 Å². The Kier molecular flexibility index (Phi) is 7.07. The molecule has 2 heteroatoms. The molecule has 0 aromatic heterocycles. The zero-order valence-electron chi connectivity index (χ0n) is 6.20. The summed E-state index contributed by atoms with van der Waals surface area (Å²) in [6.07, 6.45) is 14.8. The summed E-state index contributed by atoms with van der Waals surface area (Å²) in [6, 6.07) is 0. The first-order valence-corrected chi connectivity index (χ1v) is 3.10. The van der Waals surface area contributed by atoms with Gasteiger partial charge in [-0.3, -0.25) is 4.99 Å². The number of hydrogen-bond donors (Lipinski definition) is 0. The fraction of sp³-hybridized carbons (Fsp3) is 0.222. The van der Waals surface area contributed by atoms with Crippen molar-refractivity contribution in [2.45, 2.75) is 0 Å². The van der Waals surface area contributed by atoms with Crippen molar-refractivity contribution < 1.29 is 0 Å². The first-order valence-electron chi connectivity index (χ1n) is 3.10. The van der Waals surface area contributed by atoms with E-state index < -0.39 is 0 Å². The van der Waals surface area contributed by atoms with Crippen molar-refractivity contribution in [3.63, 3.8) is 0 Å². The van der Waals surface area contributed by atoms with Crippen molar-refractivity contribution in [3.05, 3.63) is 17.6 Å². The Morgan fingerprint density at radius 2 is 2.18 bits per heavy atom. The summed E-state index contributed by atoms with van der Waals surface area (Å²) in [5.41, 5.74) is 0. The third-order valence-corrected chi connectivity index (χ3v) is 0.748. The zero-order chi connectivity index (χ0) is 8.36. The van der Waals surface area contributed by atoms with E-state index in [-0.39, 0.29) is 0 Å². The topological polar surface area (TPSA) is 26.5 Å². The highest BCUT2D eigenvalue weighted by Gasteiger charge is 1.61. The Labute approximate surface area is 67.4 Å². The molecule has 0 rings (SSSR count). The first kappa shape index (κ1) is 9.33. The van der Waals surface area contributed by atoms with Crippen LogP contribution in [0.25, 0.3) is 5.32 Å². The minimum absolute atomic E-state index is 0.402. The number of rotatable bonds is 4. The smallest absolute Gasteiger partial charge is 0.0994 e. The van der Waals surface area contributed by atoms with Gasteiger partial charge in [0, 0.05) is 6.21 Å². The fourth-order valence-corrected chi connectivity index (χ4v) is 0.371. The minimum atomic E-state index is 0.402. The average Bonchev–Trinajstić information content (AvgIpc) is 2.03. The van der Waals surface area contributed by atoms with Crippen molar-refractivity contribution in [1.82, 2.24) is 0 Å². The molecular formula is C9H9N2-. The molecule has 0 spiro atoms. The quantitative estimate of drug-likeness (QED) is 0.323. The standard InChI is InChI=1S/C9H9N2/c1-3-6-10-8-5-9-11-7-4-2/h1-2,5,8-9H,6-7H2/q-1/b8-5-,11-9?. The van der Waals surface area contributed by atoms with Crippen molar-refractivity contribution in [1.29, 1.82) is 0 Å². The second-order valence-electron chi connectivity index (χ2n) is 1.58. The van der Waals surface area contributed by atoms with Crippen molar-refractivity contribution in [2.75, 3.05) is 13.1 Å². The lowest BCUT2D eigenvalue weighted by molar-refractivity contribution is 1.31. The van der Waals surface area contributed by atoms with Crippen LogP contribution in [0.3, 0.4) is 0 Å². The van der Waals surface area contributed by atoms with E-state index in [2.05, 4.69) is 22.2 Å². The van der Waals surface area contributed by atoms with E-state index in [0.29, 0.717) is 13.1 Å². The van der Waals surface area contributed by atoms with Crippen LogP contribution in [0.15, 0.2) is 17.3 Å². The van der Waals surface area contributed by atoms with Gasteiger partial charge in [0.25, 0.3) is 0 Å². The Balaban J connectivity index is 3.32. The molecule has 56 valence electrons. The maximum absolute atomic E-state index is 4.95. The zero-order valence-corrected chi connectivity index (χ0v) is 6.20. The molecule has 0 aliphatic carbocycles. The molecular weight excluding hydrogens is 136 g/mol. The summed E-state index contributed by atoms with van der Waals surface area (Å²) < 4.78 is 0. The van der Waals surface area contributed by atoms with Crippen LogP contribution in [-0.2, 0) is 0 Å². The Morgan fingerprint density at radius 1 is 1.36 bits per heavy atom. The predicted molar refractivity (Wildman–Crippen MR) is 48.4 cm³/mol. The van der Waals surface area contributed by atoms with Gasteiger partial charge in [0.15, 0.2) is 0 Å². The number of hydrogen-bond acceptors (Lipinski definition) is 1. The van der Waals surface area contributed by atoms with Gasteiger partial charge in [-0.15, -0.1) is 18.8 Å². The van der Waals surface area contributed by atoms with Crippen molar-refractivity contribution in [2.24, 2.45) is 4.99 Å². The Morgan fingerprint density at radius 3 is 2.82 bits per heavy atom. The molecule has 2 nitrogen and oxygen atoms in total. The average molecular weight is 145 g/mol. The van der Waals surface area contributed by atoms with Gasteiger partial charge in [0.1, 0.15) is 0 Å². The van der Waals surface area contributed by atoms with Crippen LogP contribution in [0.5, 0.6) is 0 Å². The molecule has 0 radical (unpaired) electrons. The van der Waals surface area contributed by atoms with E-state index in [1.807, 2.05) is 0 Å². The molecule has 0 atom stereocenters. The second-order valence-corrected chi connectivity index (χ2v) is 1.58. The SMILES string of the molecule is C#CCN=C/C=C\[N-]CC#C. The molecule has 0 heterocycles. The first-order chi connectivity index (χ1) is 5.41. The summed E-state index contributed by atoms with van der Waals surface area (Å²) in [6.45, 7) is 0.805. The molecule has 0 saturated carbocycles. The van der Waals surface area contributed by atoms with Crippen LogP contribution in [0, 0.1) is 24.7 Å². The highest BCUT2D eigenvalue weighted by Crippen LogP contribution is 1.83. The van der Waals surface area contributed by atoms with Crippen LogP contribution in [-0.4, -0.2) is 19.3 Å². The molecule has 0 fully saturated rings. The Bertz CT molecular complexity index is 213. The molecule has 0 N–H and O–H groups in total. The number of terminal acetylenes is 2. The maximum Gasteiger partial charge on any atom is 0.0994 e. The van der Waals surface area contributed by atoms with Crippen LogP contribution in [0.2, 0.25) is 0 Å². The fourth-order valence-electron chi connectivity index (χ4n) is 0.371. The van der Waals surface area contributed by atoms with Crippen LogP contribution >= 0.6 is 0 Å². The van der Waals surface area contributed by atoms with E-state index in [1.165, 1.54) is 0 Å². The van der Waals surface area contributed by atoms with Crippen LogP contribution < -0.4 is 0 Å². The minimum Gasteiger partial charge on any atom is -0.681 e. The van der Waals surface area contributed by atoms with Crippen molar-refractivity contribution >= 4 is 6.21 Å². The van der Waals surface area contributed by atoms with Gasteiger partial charge >= 0.3 is 0 Å². The van der Waals surface area contributed by atoms with E-state index in [0.717, 1.165) is 0 Å². The monoisotopic (exact) mass is 145 g/mol. The molecule has 0 aliphatic rings. The predicted octanol–water partition coefficient (Wildman–Crippen LogP) is 1.21. The van der Waals surface area contributed by atoms with E-state index in [9.17, 15) is 0 Å². The van der Waals surface area contributed by atoms with Gasteiger partial charge in [-0.25, -0.2) is 0 Å². The molecule has 11 heavy (non-hydrogen) atoms. The molecule has 0 aromatic carbocycles. The van der Waals surface area contributed by atoms with Gasteiger partial charge in [-0.05, 0) is 0 Å². The summed E-state index contributed by atoms with van der Waals surface area (Å²) in [5.74, 6) is 4.75. The van der Waals surface area contributed by atoms with Gasteiger partial charge in [-0.1, -0.05) is 18.5 Å². The Hall–Kier alpha value is -1.67. The summed E-state index contributed by atoms with van der Waals surface area (Å²) in [5, 5.41) is 3.83. The summed E-state index contributed by atoms with van der Waals surface area (Å²) in [4.78, 5) is 3.83. The van der Waals surface area contributed by atoms with Gasteiger partial charge in [-0.2, -0.15) is 6.20 Å². The maximum atomic E-state index is 4.95. The van der Waals surface area contributed by atoms with Crippen molar-refractivity contribution in [3.8, 4) is 24.7 Å².